The van der Waals surface area contributed by atoms with E-state index in [1.807, 2.05) is 26.0 Å². The van der Waals surface area contributed by atoms with Gasteiger partial charge in [0, 0.05) is 25.2 Å². The van der Waals surface area contributed by atoms with E-state index < -0.39 is 45.0 Å². The summed E-state index contributed by atoms with van der Waals surface area (Å²) in [5.74, 6) is -1.35. The molecule has 1 atom stereocenters. The number of aromatic nitrogens is 1. The molecular weight excluding hydrogens is 494 g/mol. The minimum absolute atomic E-state index is 0.0247. The molecular formula is C24H30F2N4O5S. The molecule has 3 rings (SSSR count). The fraction of sp³-hybridized carbons (Fsp3) is 0.458. The lowest BCUT2D eigenvalue weighted by Crippen LogP contribution is -2.67. The molecule has 0 spiro atoms. The number of hydrogen-bond acceptors (Lipinski definition) is 6. The summed E-state index contributed by atoms with van der Waals surface area (Å²) in [5.41, 5.74) is 0.781. The van der Waals surface area contributed by atoms with Gasteiger partial charge in [-0.1, -0.05) is 38.1 Å². The molecule has 0 bridgehead atoms. The molecule has 9 nitrogen and oxygen atoms in total. The summed E-state index contributed by atoms with van der Waals surface area (Å²) >= 11 is 0. The van der Waals surface area contributed by atoms with Gasteiger partial charge in [-0.3, -0.25) is 9.59 Å². The topological polar surface area (TPSA) is 132 Å². The monoisotopic (exact) mass is 524 g/mol. The summed E-state index contributed by atoms with van der Waals surface area (Å²) < 4.78 is 53.6. The molecule has 2 aromatic rings. The van der Waals surface area contributed by atoms with Gasteiger partial charge < -0.3 is 15.0 Å². The van der Waals surface area contributed by atoms with Gasteiger partial charge >= 0.3 is 6.61 Å². The van der Waals surface area contributed by atoms with Crippen molar-refractivity contribution in [2.75, 3.05) is 18.4 Å². The molecule has 1 fully saturated rings. The van der Waals surface area contributed by atoms with Crippen LogP contribution in [0.4, 0.5) is 14.5 Å². The number of aryl methyl sites for hydroxylation is 1. The maximum Gasteiger partial charge on any atom is 0.388 e. The molecule has 1 unspecified atom stereocenters. The Labute approximate surface area is 209 Å². The number of amides is 2. The van der Waals surface area contributed by atoms with Gasteiger partial charge in [0.2, 0.25) is 27.7 Å². The summed E-state index contributed by atoms with van der Waals surface area (Å²) in [6, 6.07) is 10.3. The van der Waals surface area contributed by atoms with Crippen molar-refractivity contribution in [3.05, 3.63) is 53.2 Å². The van der Waals surface area contributed by atoms with Crippen LogP contribution in [0.25, 0.3) is 0 Å². The molecule has 1 aliphatic heterocycles. The van der Waals surface area contributed by atoms with E-state index in [9.17, 15) is 26.8 Å². The van der Waals surface area contributed by atoms with Crippen molar-refractivity contribution in [3.8, 4) is 5.88 Å². The summed E-state index contributed by atoms with van der Waals surface area (Å²) in [7, 11) is -3.90. The highest BCUT2D eigenvalue weighted by Crippen LogP contribution is 2.41. The molecule has 1 aromatic carbocycles. The molecule has 36 heavy (non-hydrogen) atoms. The van der Waals surface area contributed by atoms with E-state index >= 15 is 0 Å². The van der Waals surface area contributed by atoms with Gasteiger partial charge in [0.25, 0.3) is 0 Å². The maximum absolute atomic E-state index is 13.7. The highest BCUT2D eigenvalue weighted by atomic mass is 32.2. The van der Waals surface area contributed by atoms with E-state index in [0.717, 1.165) is 5.56 Å². The minimum atomic E-state index is -3.90. The number of nitrogens with zero attached hydrogens (tertiary/aromatic N) is 2. The van der Waals surface area contributed by atoms with Crippen LogP contribution in [-0.2, 0) is 25.0 Å². The van der Waals surface area contributed by atoms with Gasteiger partial charge in [0.05, 0.1) is 5.25 Å². The second kappa shape index (κ2) is 10.5. The Bertz CT molecular complexity index is 1250. The highest BCUT2D eigenvalue weighted by molar-refractivity contribution is 7.89. The highest BCUT2D eigenvalue weighted by Gasteiger charge is 2.53. The third kappa shape index (κ3) is 5.81. The van der Waals surface area contributed by atoms with Crippen molar-refractivity contribution in [3.63, 3.8) is 0 Å². The zero-order chi connectivity index (χ0) is 26.8. The van der Waals surface area contributed by atoms with E-state index in [2.05, 4.69) is 15.0 Å². The van der Waals surface area contributed by atoms with Crippen LogP contribution >= 0.6 is 0 Å². The van der Waals surface area contributed by atoms with Crippen LogP contribution < -0.4 is 15.2 Å². The molecule has 1 saturated heterocycles. The van der Waals surface area contributed by atoms with Crippen LogP contribution in [0.2, 0.25) is 0 Å². The standard InChI is InChI=1S/C24H30F2N4O5S/c1-14(2)17-7-5-6-8-18(17)24(12-30(13-24)20(31)11-16(4)36(27,33)34)22(32)29-19-10-9-15(3)28-21(19)35-23(25)26/h5-10,14,16,23H,11-13H2,1-4H3,(H,29,32)(H2,27,33,34). The molecule has 12 heteroatoms. The number of hydrogen-bond donors (Lipinski definition) is 2. The lowest BCUT2D eigenvalue weighted by molar-refractivity contribution is -0.144. The van der Waals surface area contributed by atoms with Crippen molar-refractivity contribution in [2.24, 2.45) is 5.14 Å². The van der Waals surface area contributed by atoms with Crippen LogP contribution in [0.1, 0.15) is 49.9 Å². The van der Waals surface area contributed by atoms with E-state index in [0.29, 0.717) is 11.3 Å². The van der Waals surface area contributed by atoms with Crippen molar-refractivity contribution in [1.82, 2.24) is 9.88 Å². The van der Waals surface area contributed by atoms with Crippen LogP contribution in [-0.4, -0.2) is 55.1 Å². The van der Waals surface area contributed by atoms with Gasteiger partial charge in [0.15, 0.2) is 0 Å². The molecule has 0 aliphatic carbocycles. The minimum Gasteiger partial charge on any atom is -0.415 e. The molecule has 1 aromatic heterocycles. The first kappa shape index (κ1) is 27.5. The first-order valence-corrected chi connectivity index (χ1v) is 13.0. The number of rotatable bonds is 9. The van der Waals surface area contributed by atoms with Crippen molar-refractivity contribution in [1.29, 1.82) is 0 Å². The Hall–Kier alpha value is -3.12. The van der Waals surface area contributed by atoms with Crippen molar-refractivity contribution < 1.29 is 31.5 Å². The van der Waals surface area contributed by atoms with Crippen LogP contribution in [0.3, 0.4) is 0 Å². The summed E-state index contributed by atoms with van der Waals surface area (Å²) in [6.45, 7) is 3.70. The smallest absolute Gasteiger partial charge is 0.388 e. The number of benzene rings is 1. The average molecular weight is 525 g/mol. The SMILES string of the molecule is Cc1ccc(NC(=O)C2(c3ccccc3C(C)C)CN(C(=O)CC(C)S(N)(=O)=O)C2)c(OC(F)F)n1. The van der Waals surface area contributed by atoms with E-state index in [4.69, 9.17) is 5.14 Å². The third-order valence-corrected chi connectivity index (χ3v) is 7.57. The van der Waals surface area contributed by atoms with Crippen molar-refractivity contribution in [2.45, 2.75) is 57.3 Å². The number of nitrogens with two attached hydrogens (primary N) is 1. The largest absolute Gasteiger partial charge is 0.415 e. The number of alkyl halides is 2. The number of carbonyl (C=O) groups is 2. The Kier molecular flexibility index (Phi) is 7.99. The van der Waals surface area contributed by atoms with Gasteiger partial charge in [-0.05, 0) is 43.0 Å². The Morgan fingerprint density at radius 2 is 1.81 bits per heavy atom. The number of halogens is 2. The van der Waals surface area contributed by atoms with Gasteiger partial charge in [0.1, 0.15) is 11.1 Å². The third-order valence-electron chi connectivity index (χ3n) is 6.28. The van der Waals surface area contributed by atoms with Gasteiger partial charge in [-0.15, -0.1) is 0 Å². The second-order valence-electron chi connectivity index (χ2n) is 9.32. The van der Waals surface area contributed by atoms with Gasteiger partial charge in [-0.2, -0.15) is 8.78 Å². The number of likely N-dealkylation sites (tertiary alicyclic amines) is 1. The van der Waals surface area contributed by atoms with Crippen LogP contribution in [0.5, 0.6) is 5.88 Å². The summed E-state index contributed by atoms with van der Waals surface area (Å²) in [5, 5.41) is 6.73. The molecule has 2 heterocycles. The number of ether oxygens (including phenoxy) is 1. The number of nitrogens with one attached hydrogen (secondary N) is 1. The Balaban J connectivity index is 1.95. The normalized spacial score (nSPS) is 16.0. The quantitative estimate of drug-likeness (QED) is 0.519. The number of anilines is 1. The van der Waals surface area contributed by atoms with E-state index in [1.165, 1.54) is 17.9 Å². The summed E-state index contributed by atoms with van der Waals surface area (Å²) in [4.78, 5) is 31.9. The second-order valence-corrected chi connectivity index (χ2v) is 11.3. The predicted molar refractivity (Wildman–Crippen MR) is 130 cm³/mol. The Morgan fingerprint density at radius 1 is 1.17 bits per heavy atom. The van der Waals surface area contributed by atoms with E-state index in [-0.39, 0.29) is 31.1 Å². The molecule has 0 saturated carbocycles. The predicted octanol–water partition coefficient (Wildman–Crippen LogP) is 2.90. The number of pyridine rings is 1. The summed E-state index contributed by atoms with van der Waals surface area (Å²) in [6.07, 6.45) is -0.323. The number of sulfonamides is 1. The van der Waals surface area contributed by atoms with Crippen molar-refractivity contribution >= 4 is 27.5 Å². The average Bonchev–Trinajstić information content (AvgIpc) is 2.74. The first-order valence-electron chi connectivity index (χ1n) is 11.4. The fourth-order valence-corrected chi connectivity index (χ4v) is 4.56. The molecule has 196 valence electrons. The lowest BCUT2D eigenvalue weighted by atomic mass is 9.69. The number of primary sulfonamides is 1. The first-order chi connectivity index (χ1) is 16.7. The fourth-order valence-electron chi connectivity index (χ4n) is 4.19. The zero-order valence-corrected chi connectivity index (χ0v) is 21.3. The molecule has 0 radical (unpaired) electrons. The lowest BCUT2D eigenvalue weighted by Gasteiger charge is -2.50. The molecule has 2 amide bonds. The maximum atomic E-state index is 13.7. The van der Waals surface area contributed by atoms with Crippen LogP contribution in [0.15, 0.2) is 36.4 Å². The zero-order valence-electron chi connectivity index (χ0n) is 20.5. The van der Waals surface area contributed by atoms with Crippen LogP contribution in [0, 0.1) is 6.92 Å². The number of carbonyl (C=O) groups excluding carboxylic acids is 2. The van der Waals surface area contributed by atoms with Gasteiger partial charge in [-0.25, -0.2) is 18.5 Å². The molecule has 3 N–H and O–H groups in total. The van der Waals surface area contributed by atoms with E-state index in [1.54, 1.807) is 25.1 Å². The molecule has 1 aliphatic rings. The Morgan fingerprint density at radius 3 is 2.39 bits per heavy atom.